The van der Waals surface area contributed by atoms with Gasteiger partial charge >= 0.3 is 0 Å². The van der Waals surface area contributed by atoms with Crippen LogP contribution >= 0.6 is 11.6 Å². The van der Waals surface area contributed by atoms with Crippen LogP contribution in [0, 0.1) is 11.3 Å². The molecule has 0 spiro atoms. The molecule has 0 fully saturated rings. The number of nitrogens with two attached hydrogens (primary N) is 1. The minimum atomic E-state index is 0.0576. The summed E-state index contributed by atoms with van der Waals surface area (Å²) in [5.74, 6) is 0. The van der Waals surface area contributed by atoms with Gasteiger partial charge in [-0.2, -0.15) is 5.26 Å². The highest BCUT2D eigenvalue weighted by molar-refractivity contribution is 6.30. The largest absolute Gasteiger partial charge is 0.383 e. The van der Waals surface area contributed by atoms with E-state index < -0.39 is 0 Å². The van der Waals surface area contributed by atoms with Gasteiger partial charge in [0.2, 0.25) is 0 Å². The molecule has 0 aromatic heterocycles. The van der Waals surface area contributed by atoms with Gasteiger partial charge in [0.15, 0.2) is 0 Å². The lowest BCUT2D eigenvalue weighted by atomic mass is 10.1. The average Bonchev–Trinajstić information content (AvgIpc) is 2.42. The van der Waals surface area contributed by atoms with Crippen molar-refractivity contribution in [3.63, 3.8) is 0 Å². The summed E-state index contributed by atoms with van der Waals surface area (Å²) in [6, 6.07) is 9.91. The molecule has 2 N–H and O–H groups in total. The Kier molecular flexibility index (Phi) is 7.46. The lowest BCUT2D eigenvalue weighted by Crippen LogP contribution is -2.36. The summed E-state index contributed by atoms with van der Waals surface area (Å²) in [4.78, 5) is 2.17. The number of nitrogens with zero attached hydrogens (tertiary/aromatic N) is 2. The van der Waals surface area contributed by atoms with Gasteiger partial charge in [-0.05, 0) is 17.7 Å². The molecule has 5 heteroatoms. The van der Waals surface area contributed by atoms with Gasteiger partial charge in [-0.25, -0.2) is 0 Å². The first kappa shape index (κ1) is 15.9. The lowest BCUT2D eigenvalue weighted by Gasteiger charge is -2.30. The standard InChI is InChI=1S/C14H20ClN3O/c1-19-9-8-18(7-3-6-16)14(11-17)12-4-2-5-13(15)10-12/h2,4-5,10,14H,3,7-9,11,17H2,1H3. The smallest absolute Gasteiger partial charge is 0.0635 e. The SMILES string of the molecule is COCCN(CCC#N)C(CN)c1cccc(Cl)c1. The summed E-state index contributed by atoms with van der Waals surface area (Å²) in [5, 5.41) is 9.45. The Balaban J connectivity index is 2.85. The number of ether oxygens (including phenoxy) is 1. The highest BCUT2D eigenvalue weighted by Crippen LogP contribution is 2.22. The molecule has 1 rings (SSSR count). The Labute approximate surface area is 119 Å². The van der Waals surface area contributed by atoms with Crippen molar-refractivity contribution in [2.75, 3.05) is 33.4 Å². The first-order valence-corrected chi connectivity index (χ1v) is 6.66. The highest BCUT2D eigenvalue weighted by atomic mass is 35.5. The molecule has 4 nitrogen and oxygen atoms in total. The number of hydrogen-bond acceptors (Lipinski definition) is 4. The molecule has 104 valence electrons. The maximum absolute atomic E-state index is 8.75. The van der Waals surface area contributed by atoms with E-state index in [0.29, 0.717) is 31.1 Å². The Morgan fingerprint density at radius 2 is 2.26 bits per heavy atom. The summed E-state index contributed by atoms with van der Waals surface area (Å²) in [7, 11) is 1.67. The quantitative estimate of drug-likeness (QED) is 0.793. The van der Waals surface area contributed by atoms with Crippen LogP contribution < -0.4 is 5.73 Å². The summed E-state index contributed by atoms with van der Waals surface area (Å²) in [6.07, 6.45) is 0.473. The van der Waals surface area contributed by atoms with Crippen LogP contribution in [0.3, 0.4) is 0 Å². The fraction of sp³-hybridized carbons (Fsp3) is 0.500. The molecular formula is C14H20ClN3O. The van der Waals surface area contributed by atoms with Gasteiger partial charge in [0.25, 0.3) is 0 Å². The Morgan fingerprint density at radius 1 is 1.47 bits per heavy atom. The molecule has 19 heavy (non-hydrogen) atoms. The molecule has 0 radical (unpaired) electrons. The Bertz CT molecular complexity index is 419. The number of benzene rings is 1. The minimum absolute atomic E-state index is 0.0576. The van der Waals surface area contributed by atoms with E-state index in [-0.39, 0.29) is 6.04 Å². The van der Waals surface area contributed by atoms with E-state index in [9.17, 15) is 0 Å². The summed E-state index contributed by atoms with van der Waals surface area (Å²) >= 11 is 6.02. The van der Waals surface area contributed by atoms with E-state index in [1.807, 2.05) is 24.3 Å². The van der Waals surface area contributed by atoms with Crippen molar-refractivity contribution in [1.82, 2.24) is 4.90 Å². The highest BCUT2D eigenvalue weighted by Gasteiger charge is 2.18. The number of rotatable bonds is 8. The Morgan fingerprint density at radius 3 is 2.84 bits per heavy atom. The molecule has 0 aliphatic heterocycles. The van der Waals surface area contributed by atoms with E-state index in [0.717, 1.165) is 12.1 Å². The van der Waals surface area contributed by atoms with Crippen LogP contribution in [0.5, 0.6) is 0 Å². The fourth-order valence-corrected chi connectivity index (χ4v) is 2.23. The predicted molar refractivity (Wildman–Crippen MR) is 76.9 cm³/mol. The first-order chi connectivity index (χ1) is 9.22. The van der Waals surface area contributed by atoms with Gasteiger partial charge in [0.05, 0.1) is 12.7 Å². The maximum Gasteiger partial charge on any atom is 0.0635 e. The van der Waals surface area contributed by atoms with Gasteiger partial charge in [0.1, 0.15) is 0 Å². The van der Waals surface area contributed by atoms with Gasteiger partial charge in [-0.3, -0.25) is 4.90 Å². The van der Waals surface area contributed by atoms with Crippen molar-refractivity contribution in [1.29, 1.82) is 5.26 Å². The van der Waals surface area contributed by atoms with Crippen molar-refractivity contribution in [3.8, 4) is 6.07 Å². The van der Waals surface area contributed by atoms with Crippen LogP contribution in [0.4, 0.5) is 0 Å². The zero-order valence-electron chi connectivity index (χ0n) is 11.2. The van der Waals surface area contributed by atoms with Crippen LogP contribution in [0.1, 0.15) is 18.0 Å². The van der Waals surface area contributed by atoms with Crippen molar-refractivity contribution in [3.05, 3.63) is 34.9 Å². The number of hydrogen-bond donors (Lipinski definition) is 1. The molecular weight excluding hydrogens is 262 g/mol. The number of nitriles is 1. The molecule has 1 unspecified atom stereocenters. The molecule has 0 saturated heterocycles. The van der Waals surface area contributed by atoms with E-state index in [1.54, 1.807) is 7.11 Å². The molecule has 1 atom stereocenters. The zero-order valence-corrected chi connectivity index (χ0v) is 11.9. The maximum atomic E-state index is 8.75. The number of methoxy groups -OCH3 is 1. The topological polar surface area (TPSA) is 62.3 Å². The van der Waals surface area contributed by atoms with Crippen LogP contribution in [0.15, 0.2) is 24.3 Å². The van der Waals surface area contributed by atoms with E-state index in [4.69, 9.17) is 27.3 Å². The molecule has 0 aliphatic rings. The van der Waals surface area contributed by atoms with Crippen LogP contribution in [-0.4, -0.2) is 38.3 Å². The van der Waals surface area contributed by atoms with Crippen molar-refractivity contribution in [2.45, 2.75) is 12.5 Å². The fourth-order valence-electron chi connectivity index (χ4n) is 2.04. The van der Waals surface area contributed by atoms with Crippen molar-refractivity contribution < 1.29 is 4.74 Å². The molecule has 1 aromatic rings. The average molecular weight is 282 g/mol. The third-order valence-electron chi connectivity index (χ3n) is 2.99. The first-order valence-electron chi connectivity index (χ1n) is 6.28. The minimum Gasteiger partial charge on any atom is -0.383 e. The summed E-state index contributed by atoms with van der Waals surface area (Å²) in [5.41, 5.74) is 6.96. The second kappa shape index (κ2) is 8.89. The van der Waals surface area contributed by atoms with Gasteiger partial charge < -0.3 is 10.5 Å². The van der Waals surface area contributed by atoms with Crippen LogP contribution in [0.25, 0.3) is 0 Å². The van der Waals surface area contributed by atoms with Gasteiger partial charge in [-0.1, -0.05) is 23.7 Å². The Hall–Kier alpha value is -1.12. The van der Waals surface area contributed by atoms with Crippen LogP contribution in [-0.2, 0) is 4.74 Å². The van der Waals surface area contributed by atoms with E-state index in [2.05, 4.69) is 11.0 Å². The second-order valence-corrected chi connectivity index (χ2v) is 4.68. The van der Waals surface area contributed by atoms with E-state index >= 15 is 0 Å². The normalized spacial score (nSPS) is 12.4. The lowest BCUT2D eigenvalue weighted by molar-refractivity contribution is 0.123. The molecule has 0 saturated carbocycles. The third kappa shape index (κ3) is 5.17. The number of halogens is 1. The van der Waals surface area contributed by atoms with Gasteiger partial charge in [-0.15, -0.1) is 0 Å². The van der Waals surface area contributed by atoms with Gasteiger partial charge in [0, 0.05) is 44.2 Å². The predicted octanol–water partition coefficient (Wildman–Crippen LogP) is 2.20. The molecule has 0 aliphatic carbocycles. The monoisotopic (exact) mass is 281 g/mol. The third-order valence-corrected chi connectivity index (χ3v) is 3.23. The van der Waals surface area contributed by atoms with Crippen LogP contribution in [0.2, 0.25) is 5.02 Å². The van der Waals surface area contributed by atoms with E-state index in [1.165, 1.54) is 0 Å². The molecule has 0 bridgehead atoms. The summed E-state index contributed by atoms with van der Waals surface area (Å²) in [6.45, 7) is 2.51. The molecule has 0 heterocycles. The second-order valence-electron chi connectivity index (χ2n) is 4.24. The van der Waals surface area contributed by atoms with Crippen molar-refractivity contribution >= 4 is 11.6 Å². The summed E-state index contributed by atoms with van der Waals surface area (Å²) < 4.78 is 5.12. The zero-order chi connectivity index (χ0) is 14.1. The molecule has 1 aromatic carbocycles. The molecule has 0 amide bonds. The van der Waals surface area contributed by atoms with Crippen molar-refractivity contribution in [2.24, 2.45) is 5.73 Å².